The van der Waals surface area contributed by atoms with Gasteiger partial charge in [0.2, 0.25) is 0 Å². The third-order valence-corrected chi connectivity index (χ3v) is 0.0913. The van der Waals surface area contributed by atoms with Crippen LogP contribution in [0.4, 0.5) is 0 Å². The summed E-state index contributed by atoms with van der Waals surface area (Å²) in [6.07, 6.45) is 0. The Hall–Kier alpha value is -0.0800. The minimum Gasteiger partial charge on any atom is -0.389 e. The van der Waals surface area contributed by atoms with Crippen molar-refractivity contribution >= 4 is 0 Å². The van der Waals surface area contributed by atoms with E-state index in [2.05, 4.69) is 0 Å². The number of rotatable bonds is 1. The number of aliphatic hydroxyl groups is 1. The van der Waals surface area contributed by atoms with Gasteiger partial charge in [0, 0.05) is 6.54 Å². The lowest BCUT2D eigenvalue weighted by Gasteiger charge is -1.67. The number of hydrogen-bond acceptors (Lipinski definition) is 1. The van der Waals surface area contributed by atoms with E-state index in [1.165, 1.54) is 0 Å². The topological polar surface area (TPSA) is 44.0 Å². The van der Waals surface area contributed by atoms with Gasteiger partial charge in [-0.3, -0.25) is 5.73 Å². The van der Waals surface area contributed by atoms with Gasteiger partial charge in [-0.05, 0) is 0 Å². The Morgan fingerprint density at radius 2 is 2.25 bits per heavy atom. The summed E-state index contributed by atoms with van der Waals surface area (Å²) in [5.74, 6) is 0. The minimum absolute atomic E-state index is 0. The molecule has 0 aliphatic rings. The van der Waals surface area contributed by atoms with Gasteiger partial charge in [-0.15, -0.1) is 0 Å². The van der Waals surface area contributed by atoms with Gasteiger partial charge in [-0.1, -0.05) is 0 Å². The van der Waals surface area contributed by atoms with E-state index in [1.807, 2.05) is 0 Å². The van der Waals surface area contributed by atoms with Gasteiger partial charge >= 0.3 is 0 Å². The highest BCUT2D eigenvalue weighted by atomic mass is 16.3. The molecule has 0 amide bonds. The van der Waals surface area contributed by atoms with Crippen LogP contribution in [0.1, 0.15) is 0 Å². The molecule has 24 valence electrons. The van der Waals surface area contributed by atoms with Crippen LogP contribution in [-0.4, -0.2) is 11.7 Å². The lowest BCUT2D eigenvalue weighted by molar-refractivity contribution is 0.389. The summed E-state index contributed by atoms with van der Waals surface area (Å²) < 4.78 is 0. The third kappa shape index (κ3) is 1.92. The van der Waals surface area contributed by atoms with E-state index >= 15 is 0 Å². The molecule has 0 spiro atoms. The molecule has 0 heterocycles. The molecule has 0 bridgehead atoms. The quantitative estimate of drug-likeness (QED) is 0.446. The van der Waals surface area contributed by atoms with E-state index in [9.17, 15) is 0 Å². The van der Waals surface area contributed by atoms with E-state index in [4.69, 9.17) is 10.8 Å². The van der Waals surface area contributed by atoms with Crippen molar-refractivity contribution in [1.29, 1.82) is 0 Å². The number of nitrogens with one attached hydrogen (secondary N) is 1. The van der Waals surface area contributed by atoms with Gasteiger partial charge in [-0.25, -0.2) is 0 Å². The fourth-order valence-corrected chi connectivity index (χ4v) is 0. The second-order valence-electron chi connectivity index (χ2n) is 0.387. The molecule has 0 saturated carbocycles. The Balaban J connectivity index is 1.97. The highest BCUT2D eigenvalue weighted by Gasteiger charge is 1.59. The fourth-order valence-electron chi connectivity index (χ4n) is 0. The van der Waals surface area contributed by atoms with Crippen LogP contribution >= 0.6 is 0 Å². The maximum atomic E-state index is 7.56. The number of aliphatic hydroxyl groups excluding tert-OH is 1. The van der Waals surface area contributed by atoms with Crippen LogP contribution in [0.3, 0.4) is 0 Å². The van der Waals surface area contributed by atoms with Crippen LogP contribution in [0.25, 0.3) is 0 Å². The molecule has 0 rings (SSSR count). The lowest BCUT2D eigenvalue weighted by atomic mass is 10.8. The van der Waals surface area contributed by atoms with E-state index in [0.717, 1.165) is 6.61 Å². The van der Waals surface area contributed by atoms with Crippen LogP contribution in [-0.2, 0) is 0 Å². The standard InChI is InChI=1S/C2H5NO/c3-1-2-4/h2-4H,1H2. The van der Waals surface area contributed by atoms with Crippen LogP contribution < -0.4 is 5.73 Å². The zero-order chi connectivity index (χ0) is 3.41. The molecule has 2 heteroatoms. The molecular weight excluding hydrogens is 54.0 g/mol. The Morgan fingerprint density at radius 1 is 2.00 bits per heavy atom. The maximum absolute atomic E-state index is 7.56. The zero-order valence-electron chi connectivity index (χ0n) is 2.23. The van der Waals surface area contributed by atoms with E-state index in [-0.39, 0.29) is 6.54 Å². The summed E-state index contributed by atoms with van der Waals surface area (Å²) in [6, 6.07) is 0. The Bertz CT molecular complexity index is 8.00. The van der Waals surface area contributed by atoms with Gasteiger partial charge in [0.05, 0.1) is 6.61 Å². The minimum atomic E-state index is 0. The summed E-state index contributed by atoms with van der Waals surface area (Å²) in [6.45, 7) is 0.792. The van der Waals surface area contributed by atoms with Crippen molar-refractivity contribution in [2.24, 2.45) is 0 Å². The summed E-state index contributed by atoms with van der Waals surface area (Å²) in [5, 5.41) is 7.56. The molecule has 0 aromatic carbocycles. The van der Waals surface area contributed by atoms with Crippen molar-refractivity contribution in [1.82, 2.24) is 5.73 Å². The molecule has 0 aromatic heterocycles. The highest BCUT2D eigenvalue weighted by Crippen LogP contribution is 1.49. The highest BCUT2D eigenvalue weighted by molar-refractivity contribution is 4.38. The Kier molecular flexibility index (Phi) is 2.86. The van der Waals surface area contributed by atoms with E-state index < -0.39 is 0 Å². The van der Waals surface area contributed by atoms with Gasteiger partial charge in [0.1, 0.15) is 0 Å². The normalized spacial score (nSPS) is 7.50. The smallest absolute Gasteiger partial charge is 0.0950 e. The fraction of sp³-hybridized carbons (Fsp3) is 0.500. The van der Waals surface area contributed by atoms with Crippen LogP contribution in [0.5, 0.6) is 0 Å². The second kappa shape index (κ2) is 2.92. The van der Waals surface area contributed by atoms with Gasteiger partial charge in [0.15, 0.2) is 0 Å². The first-order valence-electron chi connectivity index (χ1n) is 1.02. The predicted molar refractivity (Wildman–Crippen MR) is 14.2 cm³/mol. The molecule has 0 unspecified atom stereocenters. The Labute approximate surface area is 25.2 Å². The molecule has 0 atom stereocenters. The molecule has 2 N–H and O–H groups in total. The first-order chi connectivity index (χ1) is 1.91. The molecule has 0 aliphatic carbocycles. The van der Waals surface area contributed by atoms with E-state index in [1.54, 1.807) is 0 Å². The van der Waals surface area contributed by atoms with Crippen molar-refractivity contribution in [3.8, 4) is 0 Å². The van der Waals surface area contributed by atoms with Crippen LogP contribution in [0.2, 0.25) is 0 Å². The summed E-state index contributed by atoms with van der Waals surface area (Å²) in [4.78, 5) is 0. The summed E-state index contributed by atoms with van der Waals surface area (Å²) in [7, 11) is 0. The number of hydrogen-bond donors (Lipinski definition) is 1. The molecule has 2 nitrogen and oxygen atoms in total. The third-order valence-electron chi connectivity index (χ3n) is 0.0913. The van der Waals surface area contributed by atoms with Crippen molar-refractivity contribution in [3.63, 3.8) is 0 Å². The predicted octanol–water partition coefficient (Wildman–Crippen LogP) is -0.196. The first-order valence-corrected chi connectivity index (χ1v) is 1.02. The van der Waals surface area contributed by atoms with Crippen molar-refractivity contribution in [2.75, 3.05) is 6.54 Å². The summed E-state index contributed by atoms with van der Waals surface area (Å²) in [5.41, 5.74) is 6.15. The second-order valence-corrected chi connectivity index (χ2v) is 0.387. The van der Waals surface area contributed by atoms with Crippen molar-refractivity contribution in [2.45, 2.75) is 0 Å². The Morgan fingerprint density at radius 3 is 2.25 bits per heavy atom. The maximum Gasteiger partial charge on any atom is 0.0950 e. The lowest BCUT2D eigenvalue weighted by Crippen LogP contribution is -1.79. The van der Waals surface area contributed by atoms with Crippen LogP contribution in [0.15, 0.2) is 0 Å². The average molecular weight is 59.1 g/mol. The van der Waals surface area contributed by atoms with Crippen molar-refractivity contribution in [3.05, 3.63) is 6.61 Å². The zero-order valence-corrected chi connectivity index (χ0v) is 2.23. The van der Waals surface area contributed by atoms with Crippen LogP contribution in [0, 0.1) is 6.61 Å². The molecule has 0 fully saturated rings. The molecule has 0 aromatic rings. The molecule has 2 radical (unpaired) electrons. The molecule has 4 heavy (non-hydrogen) atoms. The van der Waals surface area contributed by atoms with Gasteiger partial charge in [-0.2, -0.15) is 0 Å². The van der Waals surface area contributed by atoms with Gasteiger partial charge in [0.25, 0.3) is 0 Å². The average Bonchev–Trinajstić information content (AvgIpc) is 1.37. The van der Waals surface area contributed by atoms with E-state index in [0.29, 0.717) is 0 Å². The van der Waals surface area contributed by atoms with Gasteiger partial charge < -0.3 is 5.11 Å². The molecule has 0 aliphatic heterocycles. The largest absolute Gasteiger partial charge is 0.389 e. The SMILES string of the molecule is [NH]C[CH]O. The summed E-state index contributed by atoms with van der Waals surface area (Å²) >= 11 is 0. The molecular formula is C2H5NO. The monoisotopic (exact) mass is 59.0 g/mol. The van der Waals surface area contributed by atoms with Crippen molar-refractivity contribution < 1.29 is 5.11 Å². The first kappa shape index (κ1) is 3.92. The molecule has 0 saturated heterocycles.